The lowest BCUT2D eigenvalue weighted by Crippen LogP contribution is -2.42. The van der Waals surface area contributed by atoms with Gasteiger partial charge in [-0.05, 0) is 48.8 Å². The summed E-state index contributed by atoms with van der Waals surface area (Å²) in [5.74, 6) is 0. The Hall–Kier alpha value is -1.96. The number of pyridine rings is 1. The quantitative estimate of drug-likeness (QED) is 0.693. The van der Waals surface area contributed by atoms with Gasteiger partial charge in [-0.25, -0.2) is 0 Å². The van der Waals surface area contributed by atoms with Gasteiger partial charge in [0.2, 0.25) is 0 Å². The molecule has 2 aromatic rings. The maximum atomic E-state index is 5.83. The van der Waals surface area contributed by atoms with E-state index >= 15 is 0 Å². The summed E-state index contributed by atoms with van der Waals surface area (Å²) in [6.07, 6.45) is 13.2. The van der Waals surface area contributed by atoms with E-state index in [1.807, 2.05) is 12.3 Å². The summed E-state index contributed by atoms with van der Waals surface area (Å²) in [5.41, 5.74) is 2.38. The zero-order valence-corrected chi connectivity index (χ0v) is 19.0. The molecule has 2 saturated heterocycles. The zero-order chi connectivity index (χ0) is 21.0. The van der Waals surface area contributed by atoms with Gasteiger partial charge in [-0.1, -0.05) is 25.3 Å². The fraction of sp³-hybridized carbons (Fsp3) is 0.583. The van der Waals surface area contributed by atoms with E-state index in [0.29, 0.717) is 6.04 Å². The van der Waals surface area contributed by atoms with Crippen LogP contribution in [0.2, 0.25) is 0 Å². The van der Waals surface area contributed by atoms with Gasteiger partial charge in [0.15, 0.2) is 5.11 Å². The highest BCUT2D eigenvalue weighted by Gasteiger charge is 2.40. The second-order valence-electron chi connectivity index (χ2n) is 8.96. The molecule has 0 radical (unpaired) electrons. The van der Waals surface area contributed by atoms with Crippen LogP contribution in [0.4, 0.5) is 0 Å². The minimum Gasteiger partial charge on any atom is -0.379 e. The maximum absolute atomic E-state index is 5.83. The number of rotatable bonds is 6. The molecule has 5 rings (SSSR count). The Morgan fingerprint density at radius 2 is 1.90 bits per heavy atom. The highest BCUT2D eigenvalue weighted by molar-refractivity contribution is 7.80. The van der Waals surface area contributed by atoms with Gasteiger partial charge >= 0.3 is 0 Å². The molecular weight excluding hydrogens is 406 g/mol. The largest absolute Gasteiger partial charge is 0.379 e. The fourth-order valence-corrected chi connectivity index (χ4v) is 5.63. The van der Waals surface area contributed by atoms with Crippen molar-refractivity contribution in [2.24, 2.45) is 0 Å². The summed E-state index contributed by atoms with van der Waals surface area (Å²) in [7, 11) is 0. The Kier molecular flexibility index (Phi) is 6.53. The molecule has 2 atom stereocenters. The molecule has 1 saturated carbocycles. The van der Waals surface area contributed by atoms with Crippen LogP contribution in [0.5, 0.6) is 0 Å². The van der Waals surface area contributed by atoms with Crippen LogP contribution in [0.1, 0.15) is 61.5 Å². The molecule has 0 unspecified atom stereocenters. The number of thiocarbonyl (C=S) groups is 1. The van der Waals surface area contributed by atoms with Crippen LogP contribution in [0.3, 0.4) is 0 Å². The summed E-state index contributed by atoms with van der Waals surface area (Å²) < 4.78 is 7.96. The lowest BCUT2D eigenvalue weighted by Gasteiger charge is -2.32. The average Bonchev–Trinajstić information content (AvgIpc) is 3.44. The van der Waals surface area contributed by atoms with Gasteiger partial charge in [0.25, 0.3) is 0 Å². The van der Waals surface area contributed by atoms with E-state index in [0.717, 1.165) is 50.2 Å². The van der Waals surface area contributed by atoms with E-state index in [4.69, 9.17) is 17.0 Å². The maximum Gasteiger partial charge on any atom is 0.170 e. The fourth-order valence-electron chi connectivity index (χ4n) is 5.30. The van der Waals surface area contributed by atoms with Gasteiger partial charge < -0.3 is 19.5 Å². The molecule has 0 spiro atoms. The van der Waals surface area contributed by atoms with E-state index in [-0.39, 0.29) is 12.1 Å². The molecule has 1 N–H and O–H groups in total. The normalized spacial score (nSPS) is 25.7. The summed E-state index contributed by atoms with van der Waals surface area (Å²) in [6, 6.07) is 9.31. The molecule has 3 aliphatic rings. The highest BCUT2D eigenvalue weighted by Crippen LogP contribution is 2.39. The van der Waals surface area contributed by atoms with Crippen LogP contribution in [0.25, 0.3) is 0 Å². The number of hydrogen-bond donors (Lipinski definition) is 1. The predicted octanol–water partition coefficient (Wildman–Crippen LogP) is 3.69. The molecule has 7 heteroatoms. The van der Waals surface area contributed by atoms with Gasteiger partial charge in [-0.15, -0.1) is 0 Å². The molecule has 2 aliphatic heterocycles. The van der Waals surface area contributed by atoms with Crippen LogP contribution in [-0.4, -0.2) is 63.9 Å². The Bertz CT molecular complexity index is 860. The van der Waals surface area contributed by atoms with Crippen molar-refractivity contribution < 1.29 is 4.74 Å². The molecule has 0 aromatic carbocycles. The van der Waals surface area contributed by atoms with Crippen LogP contribution < -0.4 is 5.32 Å². The average molecular weight is 440 g/mol. The Morgan fingerprint density at radius 3 is 2.68 bits per heavy atom. The number of morpholine rings is 1. The lowest BCUT2D eigenvalue weighted by atomic mass is 9.95. The second-order valence-corrected chi connectivity index (χ2v) is 9.34. The molecule has 1 aliphatic carbocycles. The molecule has 166 valence electrons. The minimum absolute atomic E-state index is 0.0700. The first-order chi connectivity index (χ1) is 15.3. The van der Waals surface area contributed by atoms with Crippen LogP contribution in [-0.2, 0) is 4.74 Å². The van der Waals surface area contributed by atoms with Crippen molar-refractivity contribution in [1.29, 1.82) is 0 Å². The number of nitrogens with one attached hydrogen (secondary N) is 1. The van der Waals surface area contributed by atoms with Gasteiger partial charge in [-0.2, -0.15) is 0 Å². The molecular formula is C24H33N5OS. The predicted molar refractivity (Wildman–Crippen MR) is 126 cm³/mol. The first-order valence-electron chi connectivity index (χ1n) is 11.7. The first kappa shape index (κ1) is 20.9. The van der Waals surface area contributed by atoms with Gasteiger partial charge in [0.05, 0.1) is 31.0 Å². The third kappa shape index (κ3) is 4.64. The Balaban J connectivity index is 1.39. The van der Waals surface area contributed by atoms with E-state index < -0.39 is 0 Å². The van der Waals surface area contributed by atoms with Gasteiger partial charge in [0, 0.05) is 50.8 Å². The van der Waals surface area contributed by atoms with Crippen molar-refractivity contribution in [3.8, 4) is 0 Å². The van der Waals surface area contributed by atoms with Crippen molar-refractivity contribution in [3.63, 3.8) is 0 Å². The standard InChI is InChI=1S/C24H33N5OS/c31-24-26-22(21-8-4-5-10-25-21)23(29(24)13-12-27-14-16-30-17-15-27)19-9-11-28(18-19)20-6-2-1-3-7-20/h4-5,8-11,18,20,22-23H,1-3,6-7,12-17H2,(H,26,31)/t22-,23+/m1/s1. The molecule has 4 heterocycles. The monoisotopic (exact) mass is 439 g/mol. The van der Waals surface area contributed by atoms with Crippen molar-refractivity contribution in [1.82, 2.24) is 24.7 Å². The minimum atomic E-state index is 0.0700. The molecule has 31 heavy (non-hydrogen) atoms. The van der Waals surface area contributed by atoms with E-state index in [9.17, 15) is 0 Å². The summed E-state index contributed by atoms with van der Waals surface area (Å²) in [4.78, 5) is 9.53. The lowest BCUT2D eigenvalue weighted by molar-refractivity contribution is 0.0350. The first-order valence-corrected chi connectivity index (χ1v) is 12.2. The molecule has 6 nitrogen and oxygen atoms in total. The molecule has 2 aromatic heterocycles. The van der Waals surface area contributed by atoms with Crippen molar-refractivity contribution >= 4 is 17.3 Å². The topological polar surface area (TPSA) is 45.6 Å². The highest BCUT2D eigenvalue weighted by atomic mass is 32.1. The number of nitrogens with zero attached hydrogens (tertiary/aromatic N) is 4. The van der Waals surface area contributed by atoms with Gasteiger partial charge in [-0.3, -0.25) is 9.88 Å². The molecule has 0 bridgehead atoms. The van der Waals surface area contributed by atoms with Crippen molar-refractivity contribution in [2.45, 2.75) is 50.2 Å². The Labute approximate surface area is 190 Å². The summed E-state index contributed by atoms with van der Waals surface area (Å²) >= 11 is 5.83. The summed E-state index contributed by atoms with van der Waals surface area (Å²) in [5, 5.41) is 4.42. The SMILES string of the molecule is S=C1N[C@H](c2ccccn2)[C@H](c2ccn(C3CCCCC3)c2)N1CCN1CCOCC1. The second kappa shape index (κ2) is 9.67. The van der Waals surface area contributed by atoms with Crippen molar-refractivity contribution in [3.05, 3.63) is 54.1 Å². The van der Waals surface area contributed by atoms with Crippen LogP contribution in [0, 0.1) is 0 Å². The smallest absolute Gasteiger partial charge is 0.170 e. The van der Waals surface area contributed by atoms with Crippen LogP contribution >= 0.6 is 12.2 Å². The summed E-state index contributed by atoms with van der Waals surface area (Å²) in [6.45, 7) is 5.56. The Morgan fingerprint density at radius 1 is 1.06 bits per heavy atom. The third-order valence-electron chi connectivity index (χ3n) is 7.03. The van der Waals surface area contributed by atoms with E-state index in [1.54, 1.807) is 0 Å². The third-order valence-corrected chi connectivity index (χ3v) is 7.39. The molecule has 0 amide bonds. The zero-order valence-electron chi connectivity index (χ0n) is 18.2. The molecule has 3 fully saturated rings. The van der Waals surface area contributed by atoms with E-state index in [2.05, 4.69) is 55.3 Å². The number of aromatic nitrogens is 2. The number of hydrogen-bond acceptors (Lipinski definition) is 4. The van der Waals surface area contributed by atoms with Crippen LogP contribution in [0.15, 0.2) is 42.9 Å². The van der Waals surface area contributed by atoms with E-state index in [1.165, 1.54) is 37.7 Å². The van der Waals surface area contributed by atoms with Gasteiger partial charge in [0.1, 0.15) is 0 Å². The number of ether oxygens (including phenoxy) is 1. The van der Waals surface area contributed by atoms with Crippen molar-refractivity contribution in [2.75, 3.05) is 39.4 Å².